The van der Waals surface area contributed by atoms with Crippen molar-refractivity contribution in [3.8, 4) is 0 Å². The number of aliphatic carboxylic acids is 1. The van der Waals surface area contributed by atoms with Gasteiger partial charge >= 0.3 is 5.97 Å². The summed E-state index contributed by atoms with van der Waals surface area (Å²) in [6.07, 6.45) is 2.59. The fourth-order valence-electron chi connectivity index (χ4n) is 1.25. The van der Waals surface area contributed by atoms with Gasteiger partial charge in [-0.3, -0.25) is 4.79 Å². The van der Waals surface area contributed by atoms with Crippen LogP contribution in [0.1, 0.15) is 11.1 Å². The molecular formula is C11H12LiO2. The number of benzene rings is 1. The molecule has 69 valence electrons. The molecule has 0 aromatic heterocycles. The van der Waals surface area contributed by atoms with E-state index in [2.05, 4.69) is 6.58 Å². The van der Waals surface area contributed by atoms with Gasteiger partial charge in [-0.2, -0.15) is 0 Å². The van der Waals surface area contributed by atoms with Crippen LogP contribution in [-0.4, -0.2) is 29.9 Å². The smallest absolute Gasteiger partial charge is 0.307 e. The monoisotopic (exact) mass is 183 g/mol. The minimum absolute atomic E-state index is 0. The third kappa shape index (κ3) is 3.82. The van der Waals surface area contributed by atoms with Crippen molar-refractivity contribution in [2.24, 2.45) is 0 Å². The van der Waals surface area contributed by atoms with Gasteiger partial charge in [-0.15, -0.1) is 6.58 Å². The average molecular weight is 183 g/mol. The maximum atomic E-state index is 10.5. The van der Waals surface area contributed by atoms with E-state index in [0.717, 1.165) is 17.5 Å². The van der Waals surface area contributed by atoms with Crippen LogP contribution in [0.5, 0.6) is 0 Å². The first-order valence-corrected chi connectivity index (χ1v) is 4.13. The molecule has 0 amide bonds. The van der Waals surface area contributed by atoms with E-state index < -0.39 is 5.97 Å². The number of hydrogen-bond donors (Lipinski definition) is 1. The first kappa shape index (κ1) is 13.0. The summed E-state index contributed by atoms with van der Waals surface area (Å²) in [5.74, 6) is -0.795. The zero-order chi connectivity index (χ0) is 9.68. The van der Waals surface area contributed by atoms with E-state index in [0.29, 0.717) is 0 Å². The van der Waals surface area contributed by atoms with Gasteiger partial charge in [0, 0.05) is 18.9 Å². The van der Waals surface area contributed by atoms with Crippen LogP contribution < -0.4 is 0 Å². The van der Waals surface area contributed by atoms with Gasteiger partial charge in [-0.25, -0.2) is 0 Å². The number of carboxylic acid groups (broad SMARTS) is 1. The van der Waals surface area contributed by atoms with Crippen molar-refractivity contribution >= 4 is 24.8 Å². The molecule has 0 spiro atoms. The zero-order valence-electron chi connectivity index (χ0n) is 8.36. The molecule has 1 rings (SSSR count). The van der Waals surface area contributed by atoms with Crippen molar-refractivity contribution in [3.63, 3.8) is 0 Å². The number of allylic oxidation sites excluding steroid dienone is 1. The number of hydrogen-bond acceptors (Lipinski definition) is 1. The van der Waals surface area contributed by atoms with E-state index in [1.165, 1.54) is 0 Å². The van der Waals surface area contributed by atoms with Crippen molar-refractivity contribution in [1.29, 1.82) is 0 Å². The van der Waals surface area contributed by atoms with Gasteiger partial charge in [-0.1, -0.05) is 30.3 Å². The fraction of sp³-hybridized carbons (Fsp3) is 0.182. The molecule has 2 nitrogen and oxygen atoms in total. The summed E-state index contributed by atoms with van der Waals surface area (Å²) in [5, 5.41) is 8.63. The molecule has 0 bridgehead atoms. The molecule has 0 unspecified atom stereocenters. The van der Waals surface area contributed by atoms with Gasteiger partial charge in [0.25, 0.3) is 0 Å². The Morgan fingerprint density at radius 2 is 1.93 bits per heavy atom. The Labute approximate surface area is 95.8 Å². The predicted octanol–water partition coefficient (Wildman–Crippen LogP) is 1.66. The van der Waals surface area contributed by atoms with Crippen LogP contribution in [-0.2, 0) is 17.6 Å². The second-order valence-electron chi connectivity index (χ2n) is 2.83. The predicted molar refractivity (Wildman–Crippen MR) is 57.4 cm³/mol. The van der Waals surface area contributed by atoms with Crippen LogP contribution in [0.25, 0.3) is 0 Å². The fourth-order valence-corrected chi connectivity index (χ4v) is 1.25. The zero-order valence-corrected chi connectivity index (χ0v) is 8.36. The summed E-state index contributed by atoms with van der Waals surface area (Å²) >= 11 is 0. The maximum absolute atomic E-state index is 10.5. The van der Waals surface area contributed by atoms with E-state index in [1.54, 1.807) is 6.08 Å². The van der Waals surface area contributed by atoms with Crippen molar-refractivity contribution in [2.75, 3.05) is 0 Å². The first-order chi connectivity index (χ1) is 6.24. The second-order valence-corrected chi connectivity index (χ2v) is 2.83. The topological polar surface area (TPSA) is 37.3 Å². The Kier molecular flexibility index (Phi) is 6.03. The van der Waals surface area contributed by atoms with Gasteiger partial charge < -0.3 is 5.11 Å². The van der Waals surface area contributed by atoms with Crippen LogP contribution in [0.3, 0.4) is 0 Å². The summed E-state index contributed by atoms with van der Waals surface area (Å²) in [4.78, 5) is 10.5. The molecule has 0 aliphatic heterocycles. The molecule has 0 saturated carbocycles. The van der Waals surface area contributed by atoms with Gasteiger partial charge in [-0.05, 0) is 17.5 Å². The number of carbonyl (C=O) groups is 1. The Morgan fingerprint density at radius 1 is 1.36 bits per heavy atom. The van der Waals surface area contributed by atoms with Crippen LogP contribution in [0, 0.1) is 0 Å². The first-order valence-electron chi connectivity index (χ1n) is 4.13. The summed E-state index contributed by atoms with van der Waals surface area (Å²) in [5.41, 5.74) is 1.91. The molecule has 1 N–H and O–H groups in total. The second kappa shape index (κ2) is 6.48. The van der Waals surface area contributed by atoms with E-state index in [1.807, 2.05) is 24.3 Å². The summed E-state index contributed by atoms with van der Waals surface area (Å²) in [6, 6.07) is 7.53. The molecule has 0 saturated heterocycles. The van der Waals surface area contributed by atoms with Crippen LogP contribution in [0.15, 0.2) is 36.9 Å². The van der Waals surface area contributed by atoms with Crippen molar-refractivity contribution in [1.82, 2.24) is 0 Å². The molecular weight excluding hydrogens is 171 g/mol. The molecule has 3 heteroatoms. The van der Waals surface area contributed by atoms with Crippen LogP contribution in [0.2, 0.25) is 0 Å². The molecule has 1 aromatic carbocycles. The minimum atomic E-state index is -0.795. The number of carboxylic acids is 1. The standard InChI is InChI=1S/C11H12O2.Li/c1-2-5-9-6-3-4-7-10(9)8-11(12)13;/h2-4,6-7H,1,5,8H2,(H,12,13);. The van der Waals surface area contributed by atoms with Gasteiger partial charge in [0.15, 0.2) is 0 Å². The Bertz CT molecular complexity index is 321. The van der Waals surface area contributed by atoms with E-state index in [4.69, 9.17) is 5.11 Å². The van der Waals surface area contributed by atoms with Crippen LogP contribution >= 0.6 is 0 Å². The minimum Gasteiger partial charge on any atom is -0.481 e. The molecule has 14 heavy (non-hydrogen) atoms. The van der Waals surface area contributed by atoms with Gasteiger partial charge in [0.2, 0.25) is 0 Å². The third-order valence-electron chi connectivity index (χ3n) is 1.82. The van der Waals surface area contributed by atoms with Crippen molar-refractivity contribution in [2.45, 2.75) is 12.8 Å². The van der Waals surface area contributed by atoms with E-state index in [-0.39, 0.29) is 25.3 Å². The Balaban J connectivity index is 0.00000169. The van der Waals surface area contributed by atoms with Gasteiger partial charge in [0.05, 0.1) is 6.42 Å². The van der Waals surface area contributed by atoms with Crippen molar-refractivity contribution in [3.05, 3.63) is 48.0 Å². The van der Waals surface area contributed by atoms with Gasteiger partial charge in [0.1, 0.15) is 0 Å². The van der Waals surface area contributed by atoms with Crippen molar-refractivity contribution < 1.29 is 9.90 Å². The number of rotatable bonds is 4. The molecule has 1 aromatic rings. The summed E-state index contributed by atoms with van der Waals surface area (Å²) < 4.78 is 0. The molecule has 0 aliphatic carbocycles. The molecule has 0 aliphatic rings. The molecule has 0 fully saturated rings. The third-order valence-corrected chi connectivity index (χ3v) is 1.82. The molecule has 0 atom stereocenters. The molecule has 0 heterocycles. The summed E-state index contributed by atoms with van der Waals surface area (Å²) in [6.45, 7) is 3.63. The average Bonchev–Trinajstić information content (AvgIpc) is 2.08. The Hall–Kier alpha value is -0.973. The largest absolute Gasteiger partial charge is 0.481 e. The maximum Gasteiger partial charge on any atom is 0.307 e. The quantitative estimate of drug-likeness (QED) is 0.569. The normalized spacial score (nSPS) is 8.86. The summed E-state index contributed by atoms with van der Waals surface area (Å²) in [7, 11) is 0. The molecule has 1 radical (unpaired) electrons. The van der Waals surface area contributed by atoms with Crippen LogP contribution in [0.4, 0.5) is 0 Å². The Morgan fingerprint density at radius 3 is 2.43 bits per heavy atom. The SMILES string of the molecule is C=CCc1ccccc1CC(=O)O.[Li]. The van der Waals surface area contributed by atoms with E-state index in [9.17, 15) is 4.79 Å². The van der Waals surface area contributed by atoms with E-state index >= 15 is 0 Å².